The van der Waals surface area contributed by atoms with Crippen molar-refractivity contribution in [1.29, 1.82) is 0 Å². The minimum atomic E-state index is -0.939. The SMILES string of the molecule is C=CCN(CC(=O)O)c1ccc2nnnn2n1. The largest absolute Gasteiger partial charge is 0.480 e. The number of aliphatic carboxylic acids is 1. The Morgan fingerprint density at radius 2 is 2.41 bits per heavy atom. The molecule has 1 N–H and O–H groups in total. The summed E-state index contributed by atoms with van der Waals surface area (Å²) in [6, 6.07) is 3.33. The van der Waals surface area contributed by atoms with Gasteiger partial charge in [0.25, 0.3) is 0 Å². The van der Waals surface area contributed by atoms with Crippen LogP contribution in [0.5, 0.6) is 0 Å². The quantitative estimate of drug-likeness (QED) is 0.703. The number of carboxylic acid groups (broad SMARTS) is 1. The van der Waals surface area contributed by atoms with Crippen molar-refractivity contribution in [3.63, 3.8) is 0 Å². The molecule has 2 heterocycles. The highest BCUT2D eigenvalue weighted by molar-refractivity contribution is 5.73. The first-order valence-corrected chi connectivity index (χ1v) is 4.84. The standard InChI is InChI=1S/C9H10N6O2/c1-2-5-14(6-9(16)17)8-4-3-7-10-12-13-15(7)11-8/h2-4H,1,5-6H2,(H,16,17). The Morgan fingerprint density at radius 1 is 1.59 bits per heavy atom. The van der Waals surface area contributed by atoms with Gasteiger partial charge in [-0.2, -0.15) is 0 Å². The molecule has 2 rings (SSSR count). The van der Waals surface area contributed by atoms with E-state index in [0.717, 1.165) is 0 Å². The molecule has 0 bridgehead atoms. The molecule has 0 aliphatic heterocycles. The van der Waals surface area contributed by atoms with Crippen molar-refractivity contribution in [2.45, 2.75) is 0 Å². The average molecular weight is 234 g/mol. The van der Waals surface area contributed by atoms with Crippen molar-refractivity contribution < 1.29 is 9.90 Å². The van der Waals surface area contributed by atoms with Crippen LogP contribution in [0.1, 0.15) is 0 Å². The summed E-state index contributed by atoms with van der Waals surface area (Å²) >= 11 is 0. The van der Waals surface area contributed by atoms with Crippen LogP contribution >= 0.6 is 0 Å². The molecule has 0 amide bonds. The van der Waals surface area contributed by atoms with Gasteiger partial charge in [0.05, 0.1) is 0 Å². The third-order valence-electron chi connectivity index (χ3n) is 2.06. The van der Waals surface area contributed by atoms with Gasteiger partial charge >= 0.3 is 5.97 Å². The Bertz CT molecular complexity index is 551. The van der Waals surface area contributed by atoms with E-state index in [-0.39, 0.29) is 6.54 Å². The maximum absolute atomic E-state index is 10.7. The third kappa shape index (κ3) is 2.36. The molecule has 17 heavy (non-hydrogen) atoms. The normalized spacial score (nSPS) is 10.4. The fourth-order valence-electron chi connectivity index (χ4n) is 1.37. The molecule has 8 nitrogen and oxygen atoms in total. The van der Waals surface area contributed by atoms with Gasteiger partial charge in [0.1, 0.15) is 6.54 Å². The number of carbonyl (C=O) groups is 1. The second-order valence-corrected chi connectivity index (χ2v) is 3.28. The Hall–Kier alpha value is -2.51. The van der Waals surface area contributed by atoms with E-state index in [1.165, 1.54) is 4.63 Å². The molecule has 0 aliphatic carbocycles. The number of carboxylic acids is 1. The van der Waals surface area contributed by atoms with E-state index in [1.807, 2.05) is 0 Å². The van der Waals surface area contributed by atoms with Gasteiger partial charge in [-0.15, -0.1) is 21.4 Å². The van der Waals surface area contributed by atoms with E-state index < -0.39 is 5.97 Å². The predicted octanol–water partition coefficient (Wildman–Crippen LogP) is -0.404. The number of anilines is 1. The van der Waals surface area contributed by atoms with E-state index in [1.54, 1.807) is 23.1 Å². The van der Waals surface area contributed by atoms with Gasteiger partial charge < -0.3 is 10.0 Å². The average Bonchev–Trinajstić information content (AvgIpc) is 2.74. The number of hydrogen-bond acceptors (Lipinski definition) is 6. The number of tetrazole rings is 1. The van der Waals surface area contributed by atoms with Crippen molar-refractivity contribution in [2.24, 2.45) is 0 Å². The maximum atomic E-state index is 10.7. The van der Waals surface area contributed by atoms with Crippen molar-refractivity contribution in [3.8, 4) is 0 Å². The highest BCUT2D eigenvalue weighted by Gasteiger charge is 2.11. The maximum Gasteiger partial charge on any atom is 0.323 e. The van der Waals surface area contributed by atoms with E-state index >= 15 is 0 Å². The number of nitrogens with zero attached hydrogens (tertiary/aromatic N) is 6. The molecule has 0 radical (unpaired) electrons. The van der Waals surface area contributed by atoms with Crippen LogP contribution in [0.3, 0.4) is 0 Å². The lowest BCUT2D eigenvalue weighted by Gasteiger charge is -2.18. The van der Waals surface area contributed by atoms with Gasteiger partial charge in [-0.1, -0.05) is 6.08 Å². The number of fused-ring (bicyclic) bond motifs is 1. The van der Waals surface area contributed by atoms with E-state index in [9.17, 15) is 4.79 Å². The zero-order chi connectivity index (χ0) is 12.3. The van der Waals surface area contributed by atoms with Gasteiger partial charge in [-0.3, -0.25) is 4.79 Å². The molecular formula is C9H10N6O2. The van der Waals surface area contributed by atoms with Crippen LogP contribution in [-0.4, -0.2) is 49.4 Å². The minimum Gasteiger partial charge on any atom is -0.480 e. The smallest absolute Gasteiger partial charge is 0.323 e. The molecule has 2 aromatic heterocycles. The van der Waals surface area contributed by atoms with Crippen LogP contribution in [-0.2, 0) is 4.79 Å². The first-order valence-electron chi connectivity index (χ1n) is 4.84. The van der Waals surface area contributed by atoms with Gasteiger partial charge in [-0.25, -0.2) is 0 Å². The van der Waals surface area contributed by atoms with Crippen LogP contribution in [0, 0.1) is 0 Å². The molecule has 88 valence electrons. The monoisotopic (exact) mass is 234 g/mol. The number of rotatable bonds is 5. The van der Waals surface area contributed by atoms with Gasteiger partial charge in [0, 0.05) is 6.54 Å². The lowest BCUT2D eigenvalue weighted by molar-refractivity contribution is -0.135. The Balaban J connectivity index is 2.32. The summed E-state index contributed by atoms with van der Waals surface area (Å²) in [5.41, 5.74) is 0.502. The van der Waals surface area contributed by atoms with Gasteiger partial charge in [-0.05, 0) is 22.6 Å². The van der Waals surface area contributed by atoms with E-state index in [0.29, 0.717) is 18.0 Å². The van der Waals surface area contributed by atoms with E-state index in [4.69, 9.17) is 5.11 Å². The third-order valence-corrected chi connectivity index (χ3v) is 2.06. The lowest BCUT2D eigenvalue weighted by Crippen LogP contribution is -2.30. The molecule has 0 spiro atoms. The van der Waals surface area contributed by atoms with Crippen molar-refractivity contribution in [3.05, 3.63) is 24.8 Å². The van der Waals surface area contributed by atoms with Crippen molar-refractivity contribution in [1.82, 2.24) is 25.3 Å². The highest BCUT2D eigenvalue weighted by atomic mass is 16.4. The topological polar surface area (TPSA) is 96.5 Å². The van der Waals surface area contributed by atoms with Crippen LogP contribution in [0.2, 0.25) is 0 Å². The number of hydrogen-bond donors (Lipinski definition) is 1. The molecule has 0 atom stereocenters. The lowest BCUT2D eigenvalue weighted by atomic mass is 10.4. The summed E-state index contributed by atoms with van der Waals surface area (Å²) in [4.78, 5) is 12.3. The molecule has 2 aromatic rings. The molecule has 0 unspecified atom stereocenters. The molecule has 8 heteroatoms. The summed E-state index contributed by atoms with van der Waals surface area (Å²) in [6.07, 6.45) is 1.61. The number of aromatic nitrogens is 5. The van der Waals surface area contributed by atoms with Crippen molar-refractivity contribution in [2.75, 3.05) is 18.0 Å². The second-order valence-electron chi connectivity index (χ2n) is 3.28. The summed E-state index contributed by atoms with van der Waals surface area (Å²) < 4.78 is 1.24. The predicted molar refractivity (Wildman–Crippen MR) is 58.6 cm³/mol. The Morgan fingerprint density at radius 3 is 3.12 bits per heavy atom. The molecule has 0 aromatic carbocycles. The molecule has 0 aliphatic rings. The van der Waals surface area contributed by atoms with Crippen LogP contribution in [0.15, 0.2) is 24.8 Å². The van der Waals surface area contributed by atoms with Crippen LogP contribution in [0.25, 0.3) is 5.65 Å². The molecular weight excluding hydrogens is 224 g/mol. The zero-order valence-corrected chi connectivity index (χ0v) is 8.89. The van der Waals surface area contributed by atoms with Crippen LogP contribution < -0.4 is 4.90 Å². The zero-order valence-electron chi connectivity index (χ0n) is 8.89. The highest BCUT2D eigenvalue weighted by Crippen LogP contribution is 2.10. The minimum absolute atomic E-state index is 0.160. The first-order chi connectivity index (χ1) is 8.20. The summed E-state index contributed by atoms with van der Waals surface area (Å²) in [5.74, 6) is -0.461. The van der Waals surface area contributed by atoms with E-state index in [2.05, 4.69) is 27.2 Å². The fourth-order valence-corrected chi connectivity index (χ4v) is 1.37. The Labute approximate surface area is 96.2 Å². The summed E-state index contributed by atoms with van der Waals surface area (Å²) in [5, 5.41) is 23.7. The molecule has 0 fully saturated rings. The summed E-state index contributed by atoms with van der Waals surface area (Å²) in [7, 11) is 0. The fraction of sp³-hybridized carbons (Fsp3) is 0.222. The first kappa shape index (κ1) is 11.0. The second kappa shape index (κ2) is 4.56. The summed E-state index contributed by atoms with van der Waals surface area (Å²) in [6.45, 7) is 3.80. The van der Waals surface area contributed by atoms with Crippen LogP contribution in [0.4, 0.5) is 5.82 Å². The van der Waals surface area contributed by atoms with Crippen molar-refractivity contribution >= 4 is 17.4 Å². The van der Waals surface area contributed by atoms with Gasteiger partial charge in [0.15, 0.2) is 11.5 Å². The Kier molecular flexibility index (Phi) is 2.95. The molecule has 0 saturated heterocycles. The molecule has 0 saturated carbocycles. The van der Waals surface area contributed by atoms with Gasteiger partial charge in [0.2, 0.25) is 0 Å².